The third-order valence-electron chi connectivity index (χ3n) is 9.12. The van der Waals surface area contributed by atoms with Crippen LogP contribution >= 0.6 is 0 Å². The highest BCUT2D eigenvalue weighted by molar-refractivity contribution is 5.17. The van der Waals surface area contributed by atoms with Crippen LogP contribution in [0.2, 0.25) is 0 Å². The second kappa shape index (κ2) is 5.42. The molecule has 0 aromatic carbocycles. The normalized spacial score (nSPS) is 59.4. The molecule has 24 heavy (non-hydrogen) atoms. The van der Waals surface area contributed by atoms with Gasteiger partial charge in [-0.15, -0.1) is 0 Å². The van der Waals surface area contributed by atoms with Crippen LogP contribution in [-0.4, -0.2) is 48.2 Å². The first-order chi connectivity index (χ1) is 11.8. The summed E-state index contributed by atoms with van der Waals surface area (Å²) in [5, 5.41) is 17.3. The van der Waals surface area contributed by atoms with Gasteiger partial charge in [-0.2, -0.15) is 0 Å². The van der Waals surface area contributed by atoms with Crippen molar-refractivity contribution in [3.05, 3.63) is 5.21 Å². The molecule has 6 rings (SSSR count). The number of rotatable bonds is 0. The molecule has 2 aliphatic carbocycles. The maximum absolute atomic E-state index is 12.7. The Labute approximate surface area is 145 Å². The van der Waals surface area contributed by atoms with Crippen molar-refractivity contribution in [2.75, 3.05) is 13.1 Å². The Morgan fingerprint density at radius 1 is 0.833 bits per heavy atom. The summed E-state index contributed by atoms with van der Waals surface area (Å²) >= 11 is 0. The van der Waals surface area contributed by atoms with E-state index in [4.69, 9.17) is 0 Å². The van der Waals surface area contributed by atoms with Gasteiger partial charge < -0.3 is 15.6 Å². The monoisotopic (exact) mass is 331 g/mol. The van der Waals surface area contributed by atoms with Gasteiger partial charge in [-0.05, 0) is 56.4 Å². The average Bonchev–Trinajstić information content (AvgIpc) is 2.97. The summed E-state index contributed by atoms with van der Waals surface area (Å²) in [6.07, 6.45) is 12.3. The molecule has 4 heterocycles. The van der Waals surface area contributed by atoms with Crippen molar-refractivity contribution in [2.24, 2.45) is 23.7 Å². The second-order valence-electron chi connectivity index (χ2n) is 9.74. The van der Waals surface area contributed by atoms with Gasteiger partial charge >= 0.3 is 0 Å². The average molecular weight is 332 g/mol. The van der Waals surface area contributed by atoms with Gasteiger partial charge in [-0.1, -0.05) is 12.8 Å². The van der Waals surface area contributed by atoms with Crippen molar-refractivity contribution >= 4 is 0 Å². The van der Waals surface area contributed by atoms with Crippen molar-refractivity contribution < 1.29 is 5.06 Å². The topological polar surface area (TPSA) is 42.8 Å². The molecule has 10 unspecified atom stereocenters. The van der Waals surface area contributed by atoms with E-state index in [2.05, 4.69) is 10.2 Å². The molecule has 10 atom stereocenters. The van der Waals surface area contributed by atoms with Crippen LogP contribution in [0.4, 0.5) is 0 Å². The number of hydroxylamine groups is 2. The maximum Gasteiger partial charge on any atom is 0.0918 e. The third-order valence-corrected chi connectivity index (χ3v) is 9.12. The number of hydrogen-bond acceptors (Lipinski definition) is 3. The zero-order chi connectivity index (χ0) is 15.8. The van der Waals surface area contributed by atoms with E-state index >= 15 is 0 Å². The quantitative estimate of drug-likeness (QED) is 0.655. The highest BCUT2D eigenvalue weighted by atomic mass is 16.5. The van der Waals surface area contributed by atoms with E-state index in [9.17, 15) is 5.21 Å². The summed E-state index contributed by atoms with van der Waals surface area (Å²) in [7, 11) is 0. The van der Waals surface area contributed by atoms with Crippen molar-refractivity contribution in [1.82, 2.24) is 10.2 Å². The summed E-state index contributed by atoms with van der Waals surface area (Å²) in [5.74, 6) is 3.42. The number of quaternary nitrogens is 1. The Morgan fingerprint density at radius 3 is 2.67 bits per heavy atom. The zero-order valence-electron chi connectivity index (χ0n) is 14.8. The number of hydrogen-bond donors (Lipinski definition) is 2. The minimum atomic E-state index is 0.410. The lowest BCUT2D eigenvalue weighted by Gasteiger charge is -2.62. The van der Waals surface area contributed by atoms with E-state index in [1.807, 2.05) is 0 Å². The summed E-state index contributed by atoms with van der Waals surface area (Å²) in [6.45, 7) is 2.11. The van der Waals surface area contributed by atoms with Gasteiger partial charge in [0.05, 0.1) is 12.6 Å². The largest absolute Gasteiger partial charge is 0.634 e. The van der Waals surface area contributed by atoms with Crippen molar-refractivity contribution in [1.29, 1.82) is 0 Å². The van der Waals surface area contributed by atoms with Crippen molar-refractivity contribution in [3.63, 3.8) is 0 Å². The van der Waals surface area contributed by atoms with E-state index in [0.29, 0.717) is 23.1 Å². The van der Waals surface area contributed by atoms with Crippen molar-refractivity contribution in [2.45, 2.75) is 88.0 Å². The fourth-order valence-corrected chi connectivity index (χ4v) is 8.57. The van der Waals surface area contributed by atoms with Crippen LogP contribution in [-0.2, 0) is 0 Å². The molecule has 0 amide bonds. The molecule has 0 bridgehead atoms. The van der Waals surface area contributed by atoms with Crippen LogP contribution < -0.4 is 10.4 Å². The van der Waals surface area contributed by atoms with Crippen LogP contribution in [0.15, 0.2) is 0 Å². The molecule has 6 fully saturated rings. The van der Waals surface area contributed by atoms with Gasteiger partial charge in [-0.25, -0.2) is 0 Å². The second-order valence-corrected chi connectivity index (χ2v) is 9.74. The van der Waals surface area contributed by atoms with E-state index in [1.165, 1.54) is 64.3 Å². The Balaban J connectivity index is 1.44. The fourth-order valence-electron chi connectivity index (χ4n) is 8.57. The van der Waals surface area contributed by atoms with Gasteiger partial charge in [0.15, 0.2) is 0 Å². The Morgan fingerprint density at radius 2 is 1.71 bits per heavy atom. The SMILES string of the molecule is [O-][NH+]1CCC2C3C(CCCC31)C1NCCC3C4CCCCC4N2C31. The molecule has 0 spiro atoms. The first kappa shape index (κ1) is 15.0. The van der Waals surface area contributed by atoms with E-state index in [-0.39, 0.29) is 0 Å². The lowest BCUT2D eigenvalue weighted by Crippen LogP contribution is -3.15. The Hall–Kier alpha value is -0.160. The molecule has 0 aromatic rings. The van der Waals surface area contributed by atoms with E-state index in [0.717, 1.165) is 42.4 Å². The molecule has 0 aromatic heterocycles. The molecule has 4 aliphatic heterocycles. The molecule has 4 saturated heterocycles. The number of fused-ring (bicyclic) bond motifs is 5. The van der Waals surface area contributed by atoms with Crippen LogP contribution in [0.3, 0.4) is 0 Å². The van der Waals surface area contributed by atoms with Crippen LogP contribution in [0.1, 0.15) is 57.8 Å². The lowest BCUT2D eigenvalue weighted by molar-refractivity contribution is -0.890. The molecule has 2 saturated carbocycles. The predicted molar refractivity (Wildman–Crippen MR) is 93.5 cm³/mol. The first-order valence-electron chi connectivity index (χ1n) is 10.9. The number of piperidine rings is 3. The molecule has 0 radical (unpaired) electrons. The fraction of sp³-hybridized carbons (Fsp3) is 1.00. The predicted octanol–water partition coefficient (Wildman–Crippen LogP) is 1.16. The molecule has 6 aliphatic rings. The van der Waals surface area contributed by atoms with Crippen LogP contribution in [0, 0.1) is 28.9 Å². The van der Waals surface area contributed by atoms with Crippen LogP contribution in [0.5, 0.6) is 0 Å². The van der Waals surface area contributed by atoms with Gasteiger partial charge in [0.25, 0.3) is 0 Å². The minimum Gasteiger partial charge on any atom is -0.634 e. The molecule has 4 heteroatoms. The minimum absolute atomic E-state index is 0.410. The highest BCUT2D eigenvalue weighted by Gasteiger charge is 2.64. The molecule has 134 valence electrons. The molecular weight excluding hydrogens is 298 g/mol. The van der Waals surface area contributed by atoms with E-state index < -0.39 is 0 Å². The van der Waals surface area contributed by atoms with Crippen molar-refractivity contribution in [3.8, 4) is 0 Å². The number of nitrogens with zero attached hydrogens (tertiary/aromatic N) is 1. The highest BCUT2D eigenvalue weighted by Crippen LogP contribution is 2.56. The molecular formula is C20H33N3O. The lowest BCUT2D eigenvalue weighted by atomic mass is 9.60. The zero-order valence-corrected chi connectivity index (χ0v) is 14.8. The van der Waals surface area contributed by atoms with Gasteiger partial charge in [0.1, 0.15) is 0 Å². The summed E-state index contributed by atoms with van der Waals surface area (Å²) in [5.41, 5.74) is 0. The Kier molecular flexibility index (Phi) is 3.38. The standard InChI is InChI=1S/C20H33N3O/c24-22-11-9-17-18-14(5-3-7-16(18)22)19-20-13(8-10-21-19)12-4-1-2-6-15(12)23(17)20/h12-22H,1-11H2. The summed E-state index contributed by atoms with van der Waals surface area (Å²) < 4.78 is 0. The third kappa shape index (κ3) is 1.84. The van der Waals surface area contributed by atoms with Gasteiger partial charge in [0, 0.05) is 42.9 Å². The van der Waals surface area contributed by atoms with Crippen LogP contribution in [0.25, 0.3) is 0 Å². The van der Waals surface area contributed by atoms with Gasteiger partial charge in [0.2, 0.25) is 0 Å². The maximum atomic E-state index is 12.7. The molecule has 2 N–H and O–H groups in total. The Bertz CT molecular complexity index is 513. The van der Waals surface area contributed by atoms with E-state index in [1.54, 1.807) is 0 Å². The smallest absolute Gasteiger partial charge is 0.0918 e. The summed E-state index contributed by atoms with van der Waals surface area (Å²) in [6, 6.07) is 3.52. The summed E-state index contributed by atoms with van der Waals surface area (Å²) in [4.78, 5) is 3.05. The molecule has 4 nitrogen and oxygen atoms in total. The van der Waals surface area contributed by atoms with Gasteiger partial charge in [-0.3, -0.25) is 4.90 Å². The first-order valence-corrected chi connectivity index (χ1v) is 10.9. The number of nitrogens with one attached hydrogen (secondary N) is 2.